The maximum atomic E-state index is 11.0. The highest BCUT2D eigenvalue weighted by atomic mass is 16.4. The number of carbonyl (C=O) groups is 3. The molecule has 0 spiro atoms. The molecule has 0 heterocycles. The van der Waals surface area contributed by atoms with E-state index in [-0.39, 0.29) is 5.78 Å². The standard InChI is InChI=1S/C9H14O4/c1-3-4-5-7(6(2)10)8(11)9(12)13/h7H,3-5H2,1-2H3,(H,12,13). The van der Waals surface area contributed by atoms with Crippen LogP contribution in [0.1, 0.15) is 33.1 Å². The minimum atomic E-state index is -1.52. The minimum absolute atomic E-state index is 0.344. The van der Waals surface area contributed by atoms with Crippen molar-refractivity contribution in [1.29, 1.82) is 0 Å². The number of carbonyl (C=O) groups excluding carboxylic acids is 2. The molecule has 0 radical (unpaired) electrons. The summed E-state index contributed by atoms with van der Waals surface area (Å²) in [5.41, 5.74) is 0. The average molecular weight is 186 g/mol. The number of hydrogen-bond donors (Lipinski definition) is 1. The fraction of sp³-hybridized carbons (Fsp3) is 0.667. The van der Waals surface area contributed by atoms with Gasteiger partial charge in [-0.15, -0.1) is 0 Å². The topological polar surface area (TPSA) is 71.4 Å². The first-order chi connectivity index (χ1) is 6.00. The molecule has 1 N–H and O–H groups in total. The zero-order valence-electron chi connectivity index (χ0n) is 7.87. The van der Waals surface area contributed by atoms with E-state index < -0.39 is 17.7 Å². The van der Waals surface area contributed by atoms with Crippen LogP contribution in [0.2, 0.25) is 0 Å². The third-order valence-electron chi connectivity index (χ3n) is 1.86. The van der Waals surface area contributed by atoms with Gasteiger partial charge in [-0.05, 0) is 13.3 Å². The molecule has 0 aliphatic heterocycles. The van der Waals surface area contributed by atoms with E-state index in [1.54, 1.807) is 0 Å². The summed E-state index contributed by atoms with van der Waals surface area (Å²) < 4.78 is 0. The van der Waals surface area contributed by atoms with Gasteiger partial charge < -0.3 is 5.11 Å². The summed E-state index contributed by atoms with van der Waals surface area (Å²) in [7, 11) is 0. The maximum absolute atomic E-state index is 11.0. The zero-order valence-corrected chi connectivity index (χ0v) is 7.87. The van der Waals surface area contributed by atoms with Crippen molar-refractivity contribution < 1.29 is 19.5 Å². The molecule has 0 fully saturated rings. The summed E-state index contributed by atoms with van der Waals surface area (Å²) in [6.07, 6.45) is 1.89. The summed E-state index contributed by atoms with van der Waals surface area (Å²) in [6.45, 7) is 3.17. The van der Waals surface area contributed by atoms with E-state index in [2.05, 4.69) is 0 Å². The van der Waals surface area contributed by atoms with Gasteiger partial charge in [0.1, 0.15) is 5.78 Å². The van der Waals surface area contributed by atoms with Gasteiger partial charge in [0.15, 0.2) is 0 Å². The Kier molecular flexibility index (Phi) is 4.96. The maximum Gasteiger partial charge on any atom is 0.372 e. The second-order valence-corrected chi connectivity index (χ2v) is 2.97. The minimum Gasteiger partial charge on any atom is -0.475 e. The Hall–Kier alpha value is -1.19. The summed E-state index contributed by atoms with van der Waals surface area (Å²) in [6, 6.07) is 0. The number of carboxylic acid groups (broad SMARTS) is 1. The van der Waals surface area contributed by atoms with Crippen LogP contribution in [0.5, 0.6) is 0 Å². The van der Waals surface area contributed by atoms with Crippen LogP contribution >= 0.6 is 0 Å². The predicted molar refractivity (Wildman–Crippen MR) is 46.3 cm³/mol. The van der Waals surface area contributed by atoms with Crippen LogP contribution in [-0.2, 0) is 14.4 Å². The van der Waals surface area contributed by atoms with Gasteiger partial charge in [0.05, 0.1) is 5.92 Å². The van der Waals surface area contributed by atoms with Crippen molar-refractivity contribution in [3.05, 3.63) is 0 Å². The molecule has 0 aromatic rings. The Balaban J connectivity index is 4.33. The molecule has 4 nitrogen and oxygen atoms in total. The largest absolute Gasteiger partial charge is 0.475 e. The van der Waals surface area contributed by atoms with Gasteiger partial charge in [-0.1, -0.05) is 19.8 Å². The molecule has 0 saturated heterocycles. The van der Waals surface area contributed by atoms with E-state index >= 15 is 0 Å². The fourth-order valence-electron chi connectivity index (χ4n) is 1.08. The first kappa shape index (κ1) is 11.8. The van der Waals surface area contributed by atoms with Crippen molar-refractivity contribution in [2.24, 2.45) is 5.92 Å². The average Bonchev–Trinajstić information content (AvgIpc) is 2.04. The molecule has 0 saturated carbocycles. The molecule has 1 unspecified atom stereocenters. The van der Waals surface area contributed by atoms with Gasteiger partial charge in [0, 0.05) is 0 Å². The van der Waals surface area contributed by atoms with Crippen LogP contribution < -0.4 is 0 Å². The normalized spacial score (nSPS) is 12.2. The molecule has 0 bridgehead atoms. The summed E-state index contributed by atoms with van der Waals surface area (Å²) >= 11 is 0. The second-order valence-electron chi connectivity index (χ2n) is 2.97. The van der Waals surface area contributed by atoms with Gasteiger partial charge in [-0.25, -0.2) is 4.79 Å². The first-order valence-corrected chi connectivity index (χ1v) is 4.28. The fourth-order valence-corrected chi connectivity index (χ4v) is 1.08. The van der Waals surface area contributed by atoms with Gasteiger partial charge in [0.25, 0.3) is 0 Å². The van der Waals surface area contributed by atoms with Gasteiger partial charge >= 0.3 is 5.97 Å². The molecule has 0 rings (SSSR count). The Morgan fingerprint density at radius 1 is 1.31 bits per heavy atom. The lowest BCUT2D eigenvalue weighted by molar-refractivity contribution is -0.152. The predicted octanol–water partition coefficient (Wildman–Crippen LogP) is 1.04. The van der Waals surface area contributed by atoms with Gasteiger partial charge in [-0.2, -0.15) is 0 Å². The van der Waals surface area contributed by atoms with Crippen molar-refractivity contribution in [1.82, 2.24) is 0 Å². The SMILES string of the molecule is CCCCC(C(C)=O)C(=O)C(=O)O. The molecule has 0 amide bonds. The van der Waals surface area contributed by atoms with Crippen LogP contribution in [0.4, 0.5) is 0 Å². The first-order valence-electron chi connectivity index (χ1n) is 4.28. The van der Waals surface area contributed by atoms with Crippen LogP contribution in [0.3, 0.4) is 0 Å². The van der Waals surface area contributed by atoms with E-state index in [0.29, 0.717) is 12.8 Å². The molecular weight excluding hydrogens is 172 g/mol. The number of unbranched alkanes of at least 4 members (excludes halogenated alkanes) is 1. The van der Waals surface area contributed by atoms with Crippen LogP contribution in [0.15, 0.2) is 0 Å². The van der Waals surface area contributed by atoms with E-state index in [0.717, 1.165) is 6.42 Å². The molecule has 1 atom stereocenters. The molecule has 0 aromatic heterocycles. The number of carboxylic acids is 1. The Morgan fingerprint density at radius 2 is 1.85 bits per heavy atom. The van der Waals surface area contributed by atoms with Gasteiger partial charge in [0.2, 0.25) is 5.78 Å². The van der Waals surface area contributed by atoms with Crippen molar-refractivity contribution in [2.75, 3.05) is 0 Å². The highest BCUT2D eigenvalue weighted by molar-refractivity contribution is 6.37. The van der Waals surface area contributed by atoms with Crippen LogP contribution in [0.25, 0.3) is 0 Å². The number of ketones is 2. The van der Waals surface area contributed by atoms with Crippen molar-refractivity contribution in [3.8, 4) is 0 Å². The zero-order chi connectivity index (χ0) is 10.4. The summed E-state index contributed by atoms with van der Waals surface area (Å²) in [5.74, 6) is -3.81. The molecule has 74 valence electrons. The number of hydrogen-bond acceptors (Lipinski definition) is 3. The molecular formula is C9H14O4. The molecule has 4 heteroatoms. The smallest absolute Gasteiger partial charge is 0.372 e. The van der Waals surface area contributed by atoms with Crippen molar-refractivity contribution in [3.63, 3.8) is 0 Å². The Morgan fingerprint density at radius 3 is 2.15 bits per heavy atom. The highest BCUT2D eigenvalue weighted by Crippen LogP contribution is 2.11. The van der Waals surface area contributed by atoms with Crippen molar-refractivity contribution >= 4 is 17.5 Å². The van der Waals surface area contributed by atoms with E-state index in [4.69, 9.17) is 5.11 Å². The lowest BCUT2D eigenvalue weighted by Gasteiger charge is -2.08. The molecule has 13 heavy (non-hydrogen) atoms. The Labute approximate surface area is 76.9 Å². The van der Waals surface area contributed by atoms with Crippen LogP contribution in [0, 0.1) is 5.92 Å². The van der Waals surface area contributed by atoms with Crippen LogP contribution in [-0.4, -0.2) is 22.6 Å². The lowest BCUT2D eigenvalue weighted by atomic mass is 9.94. The number of Topliss-reactive ketones (excluding diaryl/α,β-unsaturated/α-hetero) is 2. The summed E-state index contributed by atoms with van der Waals surface area (Å²) in [5, 5.41) is 8.40. The molecule has 0 aliphatic carbocycles. The lowest BCUT2D eigenvalue weighted by Crippen LogP contribution is -2.28. The third kappa shape index (κ3) is 3.83. The van der Waals surface area contributed by atoms with E-state index in [1.807, 2.05) is 6.92 Å². The number of aliphatic carboxylic acids is 1. The van der Waals surface area contributed by atoms with E-state index in [1.165, 1.54) is 6.92 Å². The van der Waals surface area contributed by atoms with Crippen molar-refractivity contribution in [2.45, 2.75) is 33.1 Å². The summed E-state index contributed by atoms with van der Waals surface area (Å²) in [4.78, 5) is 32.2. The third-order valence-corrected chi connectivity index (χ3v) is 1.86. The van der Waals surface area contributed by atoms with Gasteiger partial charge in [-0.3, -0.25) is 9.59 Å². The number of rotatable bonds is 6. The molecule has 0 aromatic carbocycles. The monoisotopic (exact) mass is 186 g/mol. The molecule has 0 aliphatic rings. The quantitative estimate of drug-likeness (QED) is 0.497. The van der Waals surface area contributed by atoms with E-state index in [9.17, 15) is 14.4 Å². The second kappa shape index (κ2) is 5.45. The Bertz CT molecular complexity index is 220. The highest BCUT2D eigenvalue weighted by Gasteiger charge is 2.27.